The standard InChI is InChI=1S/C24H14ClF5NOP/c25-15-12-10-14(11-13-15)17-8-4-5-9-18(17)33(32,16-6-2-1-3-7-16)31-24-22(29)20(27)19(26)21(28)23(24)30/h1-13H,(H,31,32). The molecule has 4 aromatic carbocycles. The second-order valence-corrected chi connectivity index (χ2v) is 9.90. The van der Waals surface area contributed by atoms with Crippen LogP contribution < -0.4 is 15.7 Å². The molecule has 0 spiro atoms. The fraction of sp³-hybridized carbons (Fsp3) is 0. The van der Waals surface area contributed by atoms with Crippen molar-refractivity contribution in [2.45, 2.75) is 0 Å². The zero-order chi connectivity index (χ0) is 23.8. The lowest BCUT2D eigenvalue weighted by Crippen LogP contribution is -2.24. The van der Waals surface area contributed by atoms with Gasteiger partial charge in [0.15, 0.2) is 23.3 Å². The minimum Gasteiger partial charge on any atom is -0.324 e. The van der Waals surface area contributed by atoms with Gasteiger partial charge in [0.25, 0.3) is 0 Å². The molecule has 0 bridgehead atoms. The van der Waals surface area contributed by atoms with Crippen molar-refractivity contribution in [3.05, 3.63) is 113 Å². The topological polar surface area (TPSA) is 29.1 Å². The molecule has 0 aliphatic heterocycles. The first-order chi connectivity index (χ1) is 15.7. The number of hydrogen-bond donors (Lipinski definition) is 1. The third kappa shape index (κ3) is 4.14. The molecule has 2 nitrogen and oxygen atoms in total. The third-order valence-electron chi connectivity index (χ3n) is 5.00. The van der Waals surface area contributed by atoms with Crippen LogP contribution in [0.4, 0.5) is 27.6 Å². The van der Waals surface area contributed by atoms with Gasteiger partial charge in [-0.05, 0) is 41.5 Å². The lowest BCUT2D eigenvalue weighted by Gasteiger charge is -2.25. The van der Waals surface area contributed by atoms with Crippen molar-refractivity contribution in [1.29, 1.82) is 0 Å². The lowest BCUT2D eigenvalue weighted by atomic mass is 10.1. The second-order valence-electron chi connectivity index (χ2n) is 7.03. The largest absolute Gasteiger partial charge is 0.324 e. The lowest BCUT2D eigenvalue weighted by molar-refractivity contribution is 0.382. The van der Waals surface area contributed by atoms with E-state index in [1.54, 1.807) is 60.7 Å². The van der Waals surface area contributed by atoms with Gasteiger partial charge in [-0.3, -0.25) is 4.57 Å². The smallest absolute Gasteiger partial charge is 0.227 e. The molecule has 168 valence electrons. The summed E-state index contributed by atoms with van der Waals surface area (Å²) in [5.41, 5.74) is -0.354. The van der Waals surface area contributed by atoms with Crippen LogP contribution in [-0.2, 0) is 4.57 Å². The van der Waals surface area contributed by atoms with Crippen LogP contribution in [0, 0.1) is 29.1 Å². The molecular formula is C24H14ClF5NOP. The summed E-state index contributed by atoms with van der Waals surface area (Å²) in [4.78, 5) is 0. The highest BCUT2D eigenvalue weighted by molar-refractivity contribution is 7.80. The second kappa shape index (κ2) is 9.00. The number of halogens is 6. The van der Waals surface area contributed by atoms with E-state index in [4.69, 9.17) is 11.6 Å². The maximum Gasteiger partial charge on any atom is 0.227 e. The van der Waals surface area contributed by atoms with Gasteiger partial charge in [0.05, 0.1) is 0 Å². The van der Waals surface area contributed by atoms with Gasteiger partial charge in [-0.25, -0.2) is 22.0 Å². The van der Waals surface area contributed by atoms with Crippen LogP contribution in [0.2, 0.25) is 5.02 Å². The van der Waals surface area contributed by atoms with Gasteiger partial charge in [-0.15, -0.1) is 0 Å². The molecule has 9 heteroatoms. The van der Waals surface area contributed by atoms with Crippen LogP contribution in [0.3, 0.4) is 0 Å². The Labute approximate surface area is 191 Å². The van der Waals surface area contributed by atoms with E-state index in [1.165, 1.54) is 18.2 Å². The molecule has 0 aliphatic rings. The normalized spacial score (nSPS) is 12.9. The SMILES string of the molecule is O=P(Nc1c(F)c(F)c(F)c(F)c1F)(c1ccccc1)c1ccccc1-c1ccc(Cl)cc1. The molecule has 0 amide bonds. The first-order valence-corrected chi connectivity index (χ1v) is 11.6. The van der Waals surface area contributed by atoms with Crippen molar-refractivity contribution in [3.63, 3.8) is 0 Å². The van der Waals surface area contributed by atoms with E-state index in [9.17, 15) is 26.5 Å². The summed E-state index contributed by atoms with van der Waals surface area (Å²) in [5, 5.41) is 2.87. The fourth-order valence-electron chi connectivity index (χ4n) is 3.38. The average molecular weight is 494 g/mol. The molecule has 0 aromatic heterocycles. The fourth-order valence-corrected chi connectivity index (χ4v) is 5.98. The van der Waals surface area contributed by atoms with Crippen molar-refractivity contribution in [1.82, 2.24) is 0 Å². The van der Waals surface area contributed by atoms with Gasteiger partial charge in [-0.2, -0.15) is 0 Å². The van der Waals surface area contributed by atoms with E-state index >= 15 is 0 Å². The number of hydrogen-bond acceptors (Lipinski definition) is 1. The molecule has 33 heavy (non-hydrogen) atoms. The Morgan fingerprint density at radius 3 is 1.76 bits per heavy atom. The van der Waals surface area contributed by atoms with Crippen LogP contribution in [0.25, 0.3) is 11.1 Å². The van der Waals surface area contributed by atoms with Crippen LogP contribution >= 0.6 is 18.9 Å². The van der Waals surface area contributed by atoms with E-state index < -0.39 is 42.1 Å². The highest BCUT2D eigenvalue weighted by atomic mass is 35.5. The van der Waals surface area contributed by atoms with Crippen LogP contribution in [0.5, 0.6) is 0 Å². The molecule has 0 radical (unpaired) electrons. The molecule has 4 rings (SSSR count). The highest BCUT2D eigenvalue weighted by Gasteiger charge is 2.35. The number of nitrogens with one attached hydrogen (secondary N) is 1. The quantitative estimate of drug-likeness (QED) is 0.140. The van der Waals surface area contributed by atoms with Crippen molar-refractivity contribution >= 4 is 35.2 Å². The minimum atomic E-state index is -4.19. The molecule has 0 aliphatic carbocycles. The zero-order valence-corrected chi connectivity index (χ0v) is 18.3. The van der Waals surface area contributed by atoms with Crippen LogP contribution in [0.1, 0.15) is 0 Å². The van der Waals surface area contributed by atoms with Gasteiger partial charge < -0.3 is 5.09 Å². The highest BCUT2D eigenvalue weighted by Crippen LogP contribution is 2.47. The van der Waals surface area contributed by atoms with Crippen molar-refractivity contribution < 1.29 is 26.5 Å². The minimum absolute atomic E-state index is 0.107. The third-order valence-corrected chi connectivity index (χ3v) is 7.88. The van der Waals surface area contributed by atoms with E-state index in [0.717, 1.165) is 0 Å². The summed E-state index contributed by atoms with van der Waals surface area (Å²) in [7, 11) is -4.19. The van der Waals surface area contributed by atoms with E-state index in [-0.39, 0.29) is 10.6 Å². The summed E-state index contributed by atoms with van der Waals surface area (Å²) in [6, 6.07) is 20.5. The average Bonchev–Trinajstić information content (AvgIpc) is 2.85. The predicted molar refractivity (Wildman–Crippen MR) is 120 cm³/mol. The maximum absolute atomic E-state index is 14.5. The predicted octanol–water partition coefficient (Wildman–Crippen LogP) is 7.04. The van der Waals surface area contributed by atoms with Crippen molar-refractivity contribution in [2.24, 2.45) is 0 Å². The Kier molecular flexibility index (Phi) is 6.28. The Morgan fingerprint density at radius 1 is 0.636 bits per heavy atom. The molecule has 1 unspecified atom stereocenters. The number of benzene rings is 4. The Morgan fingerprint density at radius 2 is 1.15 bits per heavy atom. The Bertz CT molecular complexity index is 1350. The first kappa shape index (κ1) is 23.0. The van der Waals surface area contributed by atoms with E-state index in [2.05, 4.69) is 5.09 Å². The summed E-state index contributed by atoms with van der Waals surface area (Å²) in [5.74, 6) is -10.8. The Hall–Kier alpha value is -3.15. The van der Waals surface area contributed by atoms with E-state index in [0.29, 0.717) is 16.1 Å². The van der Waals surface area contributed by atoms with Gasteiger partial charge in [0.1, 0.15) is 5.69 Å². The number of anilines is 1. The molecule has 4 aromatic rings. The summed E-state index contributed by atoms with van der Waals surface area (Å²) in [6.45, 7) is 0. The molecular weight excluding hydrogens is 480 g/mol. The summed E-state index contributed by atoms with van der Waals surface area (Å²) < 4.78 is 84.8. The van der Waals surface area contributed by atoms with Gasteiger partial charge in [0, 0.05) is 15.6 Å². The van der Waals surface area contributed by atoms with Crippen LogP contribution in [0.15, 0.2) is 78.9 Å². The van der Waals surface area contributed by atoms with Crippen molar-refractivity contribution in [2.75, 3.05) is 5.09 Å². The summed E-state index contributed by atoms with van der Waals surface area (Å²) >= 11 is 5.96. The number of rotatable bonds is 5. The molecule has 0 heterocycles. The zero-order valence-electron chi connectivity index (χ0n) is 16.6. The maximum atomic E-state index is 14.5. The molecule has 0 saturated carbocycles. The van der Waals surface area contributed by atoms with Crippen molar-refractivity contribution in [3.8, 4) is 11.1 Å². The molecule has 1 N–H and O–H groups in total. The first-order valence-electron chi connectivity index (χ1n) is 9.55. The van der Waals surface area contributed by atoms with Gasteiger partial charge in [-0.1, -0.05) is 60.1 Å². The monoisotopic (exact) mass is 493 g/mol. The summed E-state index contributed by atoms with van der Waals surface area (Å²) in [6.07, 6.45) is 0. The molecule has 1 atom stereocenters. The Balaban J connectivity index is 1.98. The molecule has 0 fully saturated rings. The van der Waals surface area contributed by atoms with Gasteiger partial charge in [0.2, 0.25) is 13.1 Å². The van der Waals surface area contributed by atoms with Gasteiger partial charge >= 0.3 is 0 Å². The van der Waals surface area contributed by atoms with Crippen LogP contribution in [-0.4, -0.2) is 0 Å². The van der Waals surface area contributed by atoms with E-state index in [1.807, 2.05) is 0 Å². The molecule has 0 saturated heterocycles.